The first kappa shape index (κ1) is 25.8. The molecule has 0 aliphatic heterocycles. The van der Waals surface area contributed by atoms with Gasteiger partial charge in [-0.3, -0.25) is 0 Å². The molecule has 0 heterocycles. The summed E-state index contributed by atoms with van der Waals surface area (Å²) in [6, 6.07) is 0. The third-order valence-electron chi connectivity index (χ3n) is 1.60. The number of carbonyl (C=O) groups is 1. The minimum Gasteiger partial charge on any atom is -0.790 e. The fraction of sp³-hybridized carbons (Fsp3) is 0.833. The Morgan fingerprint density at radius 3 is 2.00 bits per heavy atom. The second-order valence-electron chi connectivity index (χ2n) is 2.87. The van der Waals surface area contributed by atoms with Crippen molar-refractivity contribution < 1.29 is 146 Å². The van der Waals surface area contributed by atoms with Crippen LogP contribution in [0.2, 0.25) is 0 Å². The van der Waals surface area contributed by atoms with Gasteiger partial charge in [-0.15, -0.1) is 0 Å². The van der Waals surface area contributed by atoms with Crippen molar-refractivity contribution in [2.24, 2.45) is 0 Å². The summed E-state index contributed by atoms with van der Waals surface area (Å²) in [5.41, 5.74) is 0. The van der Waals surface area contributed by atoms with E-state index in [2.05, 4.69) is 4.52 Å². The van der Waals surface area contributed by atoms with Crippen LogP contribution in [-0.4, -0.2) is 52.7 Å². The van der Waals surface area contributed by atoms with Crippen molar-refractivity contribution in [2.75, 3.05) is 6.61 Å². The number of aldehydes is 1. The zero-order valence-corrected chi connectivity index (χ0v) is 16.9. The van der Waals surface area contributed by atoms with Gasteiger partial charge in [-0.25, -0.2) is 4.39 Å². The van der Waals surface area contributed by atoms with E-state index in [1.54, 1.807) is 0 Å². The smallest absolute Gasteiger partial charge is 0.790 e. The number of phosphoric acid groups is 1. The minimum absolute atomic E-state index is 0. The van der Waals surface area contributed by atoms with E-state index in [-0.39, 0.29) is 109 Å². The van der Waals surface area contributed by atoms with E-state index < -0.39 is 38.9 Å². The van der Waals surface area contributed by atoms with E-state index in [1.165, 1.54) is 0 Å². The van der Waals surface area contributed by atoms with Crippen molar-refractivity contribution in [3.8, 4) is 0 Å². The molecular formula is C6H10FK2O8P. The summed E-state index contributed by atoms with van der Waals surface area (Å²) in [5, 5.41) is 26.9. The Kier molecular flexibility index (Phi) is 17.8. The number of halogens is 1. The fourth-order valence-corrected chi connectivity index (χ4v) is 1.10. The summed E-state index contributed by atoms with van der Waals surface area (Å²) in [4.78, 5) is 29.9. The van der Waals surface area contributed by atoms with Crippen LogP contribution in [0.3, 0.4) is 0 Å². The van der Waals surface area contributed by atoms with Crippen LogP contribution >= 0.6 is 7.82 Å². The van der Waals surface area contributed by atoms with Gasteiger partial charge in [-0.1, -0.05) is 0 Å². The van der Waals surface area contributed by atoms with Crippen molar-refractivity contribution >= 4 is 14.1 Å². The normalized spacial score (nSPS) is 17.7. The Hall–Kier alpha value is 2.86. The number of carbonyl (C=O) groups excluding carboxylic acids is 1. The Bertz CT molecular complexity index is 276. The fourth-order valence-electron chi connectivity index (χ4n) is 0.763. The van der Waals surface area contributed by atoms with Crippen molar-refractivity contribution in [1.29, 1.82) is 0 Å². The topological polar surface area (TPSA) is 150 Å². The average Bonchev–Trinajstić information content (AvgIpc) is 2.21. The van der Waals surface area contributed by atoms with Gasteiger partial charge in [-0.2, -0.15) is 0 Å². The number of phosphoric ester groups is 1. The molecule has 0 bridgehead atoms. The maximum atomic E-state index is 12.5. The van der Waals surface area contributed by atoms with Crippen molar-refractivity contribution in [3.63, 3.8) is 0 Å². The number of hydrogen-bond acceptors (Lipinski definition) is 8. The first-order chi connectivity index (χ1) is 7.19. The largest absolute Gasteiger partial charge is 1.00 e. The Morgan fingerprint density at radius 2 is 1.67 bits per heavy atom. The molecule has 0 aromatic rings. The van der Waals surface area contributed by atoms with E-state index in [9.17, 15) is 23.5 Å². The summed E-state index contributed by atoms with van der Waals surface area (Å²) in [7, 11) is -5.34. The monoisotopic (exact) mass is 338 g/mol. The molecule has 96 valence electrons. The van der Waals surface area contributed by atoms with Gasteiger partial charge in [0.25, 0.3) is 0 Å². The van der Waals surface area contributed by atoms with Crippen LogP contribution in [0.25, 0.3) is 0 Å². The number of hydrogen-bond donors (Lipinski definition) is 3. The third-order valence-corrected chi connectivity index (χ3v) is 2.07. The first-order valence-corrected chi connectivity index (χ1v) is 5.45. The molecular weight excluding hydrogens is 328 g/mol. The van der Waals surface area contributed by atoms with Crippen LogP contribution in [0.4, 0.5) is 4.39 Å². The second kappa shape index (κ2) is 12.4. The standard InChI is InChI=1S/C6H12FO8P.2K/c7-3(1-8)5(10)6(11)4(9)2-15-16(12,13)14;;/h1,3-6,9-11H,2H2,(H2,12,13,14);;/q;2*+1/p-2/t3-,4+,5+,6+;;/m0../s1. The molecule has 0 rings (SSSR count). The summed E-state index contributed by atoms with van der Waals surface area (Å²) in [5.74, 6) is 0. The van der Waals surface area contributed by atoms with E-state index >= 15 is 0 Å². The molecule has 0 spiro atoms. The molecule has 0 aliphatic rings. The molecule has 0 fully saturated rings. The van der Waals surface area contributed by atoms with Crippen LogP contribution in [0.5, 0.6) is 0 Å². The molecule has 4 atom stereocenters. The molecule has 12 heteroatoms. The SMILES string of the molecule is O=C[C@H](F)[C@@H](O)[C@H](O)[C@H](O)COP(=O)([O-])[O-].[K+].[K+]. The molecule has 8 nitrogen and oxygen atoms in total. The van der Waals surface area contributed by atoms with Crippen LogP contribution in [0.1, 0.15) is 0 Å². The van der Waals surface area contributed by atoms with E-state index in [4.69, 9.17) is 15.3 Å². The molecule has 0 aromatic carbocycles. The zero-order chi connectivity index (χ0) is 12.9. The van der Waals surface area contributed by atoms with Crippen LogP contribution in [0, 0.1) is 0 Å². The number of alkyl halides is 1. The second-order valence-corrected chi connectivity index (χ2v) is 4.02. The van der Waals surface area contributed by atoms with Crippen molar-refractivity contribution in [1.82, 2.24) is 0 Å². The van der Waals surface area contributed by atoms with E-state index in [0.29, 0.717) is 0 Å². The summed E-state index contributed by atoms with van der Waals surface area (Å²) >= 11 is 0. The Balaban J connectivity index is -0.00000112. The summed E-state index contributed by atoms with van der Waals surface area (Å²) < 4.78 is 26.1. The maximum Gasteiger partial charge on any atom is 1.00 e. The Labute approximate surface area is 187 Å². The van der Waals surface area contributed by atoms with Crippen molar-refractivity contribution in [2.45, 2.75) is 24.5 Å². The van der Waals surface area contributed by atoms with Gasteiger partial charge in [0.2, 0.25) is 0 Å². The number of aliphatic hydroxyl groups excluding tert-OH is 3. The molecule has 18 heavy (non-hydrogen) atoms. The maximum absolute atomic E-state index is 12.5. The van der Waals surface area contributed by atoms with Crippen LogP contribution in [-0.2, 0) is 13.9 Å². The van der Waals surface area contributed by atoms with Crippen molar-refractivity contribution in [3.05, 3.63) is 0 Å². The molecule has 0 radical (unpaired) electrons. The van der Waals surface area contributed by atoms with Gasteiger partial charge in [-0.05, 0) is 0 Å². The zero-order valence-electron chi connectivity index (χ0n) is 9.80. The van der Waals surface area contributed by atoms with Gasteiger partial charge in [0.1, 0.15) is 18.3 Å². The predicted molar refractivity (Wildman–Crippen MR) is 42.5 cm³/mol. The van der Waals surface area contributed by atoms with Gasteiger partial charge < -0.3 is 39.0 Å². The molecule has 0 saturated carbocycles. The van der Waals surface area contributed by atoms with Gasteiger partial charge >= 0.3 is 103 Å². The minimum atomic E-state index is -5.34. The summed E-state index contributed by atoms with van der Waals surface area (Å²) in [6.07, 6.45) is -9.19. The molecule has 0 amide bonds. The van der Waals surface area contributed by atoms with Gasteiger partial charge in [0.05, 0.1) is 14.4 Å². The number of aliphatic hydroxyl groups is 3. The van der Waals surface area contributed by atoms with E-state index in [0.717, 1.165) is 0 Å². The van der Waals surface area contributed by atoms with Crippen LogP contribution in [0.15, 0.2) is 0 Å². The molecule has 0 aliphatic carbocycles. The van der Waals surface area contributed by atoms with Crippen LogP contribution < -0.4 is 113 Å². The molecule has 3 N–H and O–H groups in total. The number of rotatable bonds is 7. The quantitative estimate of drug-likeness (QED) is 0.235. The average molecular weight is 338 g/mol. The third kappa shape index (κ3) is 11.5. The van der Waals surface area contributed by atoms with Gasteiger partial charge in [0.15, 0.2) is 12.5 Å². The Morgan fingerprint density at radius 1 is 1.22 bits per heavy atom. The molecule has 0 aromatic heterocycles. The first-order valence-electron chi connectivity index (χ1n) is 3.99. The van der Waals surface area contributed by atoms with Gasteiger partial charge in [0, 0.05) is 0 Å². The molecule has 0 saturated heterocycles. The molecule has 0 unspecified atom stereocenters. The summed E-state index contributed by atoms with van der Waals surface area (Å²) in [6.45, 7) is -1.14. The van der Waals surface area contributed by atoms with E-state index in [1.807, 2.05) is 0 Å². The predicted octanol–water partition coefficient (Wildman–Crippen LogP) is -9.54.